The molecular weight excluding hydrogens is 923 g/mol. The van der Waals surface area contributed by atoms with E-state index in [-0.39, 0.29) is 32.2 Å². The lowest BCUT2D eigenvalue weighted by Gasteiger charge is -2.26. The number of ether oxygens (including phenoxy) is 4. The van der Waals surface area contributed by atoms with Gasteiger partial charge in [0.2, 0.25) is 0 Å². The third-order valence-electron chi connectivity index (χ3n) is 12.9. The van der Waals surface area contributed by atoms with Gasteiger partial charge in [0.15, 0.2) is 12.4 Å². The molecule has 2 unspecified atom stereocenters. The van der Waals surface area contributed by atoms with E-state index < -0.39 is 24.3 Å². The van der Waals surface area contributed by atoms with E-state index in [0.717, 1.165) is 77.0 Å². The molecule has 0 saturated carbocycles. The van der Waals surface area contributed by atoms with Gasteiger partial charge < -0.3 is 33.3 Å². The number of carbonyl (C=O) groups excluding carboxylic acids is 3. The normalized spacial score (nSPS) is 13.4. The number of allylic oxidation sites excluding steroid dienone is 14. The molecule has 0 saturated heterocycles. The number of unbranched alkanes of at least 4 members (excludes halogenated alkanes) is 26. The standard InChI is InChI=1S/C65H113NO8/c1-6-8-10-12-14-16-18-19-20-21-22-23-24-25-26-27-28-29-30-31-32-33-34-35-36-37-38-39-40-41-42-43-44-45-46-48-50-52-54-56-63(68)74-61(60-73-65(64(69)70)71-58-57-66(3,4)5)59-72-62(67)55-53-51-49-47-17-15-13-11-9-7-2/h8,10,14,16,19-20,22-23,25-26,28-29,31-32,61,65H,6-7,9,11-13,15,17-18,21,24,27,30,33-60H2,1-5H3/b10-8-,16-14-,20-19-,23-22-,26-25-,29-28-,32-31-. The lowest BCUT2D eigenvalue weighted by molar-refractivity contribution is -0.870. The summed E-state index contributed by atoms with van der Waals surface area (Å²) in [4.78, 5) is 37.1. The fourth-order valence-electron chi connectivity index (χ4n) is 8.28. The van der Waals surface area contributed by atoms with Gasteiger partial charge >= 0.3 is 11.9 Å². The molecule has 0 aliphatic rings. The smallest absolute Gasteiger partial charge is 0.306 e. The van der Waals surface area contributed by atoms with Crippen molar-refractivity contribution in [2.24, 2.45) is 0 Å². The second-order valence-electron chi connectivity index (χ2n) is 21.3. The Labute approximate surface area is 455 Å². The average molecular weight is 1040 g/mol. The zero-order chi connectivity index (χ0) is 54.1. The Morgan fingerprint density at radius 2 is 0.770 bits per heavy atom. The van der Waals surface area contributed by atoms with E-state index in [9.17, 15) is 19.5 Å². The van der Waals surface area contributed by atoms with Crippen LogP contribution < -0.4 is 5.11 Å². The van der Waals surface area contributed by atoms with Crippen LogP contribution in [0.25, 0.3) is 0 Å². The molecule has 0 aromatic carbocycles. The van der Waals surface area contributed by atoms with Gasteiger partial charge in [0.25, 0.3) is 0 Å². The van der Waals surface area contributed by atoms with Crippen LogP contribution in [0, 0.1) is 0 Å². The molecule has 0 heterocycles. The van der Waals surface area contributed by atoms with E-state index in [1.807, 2.05) is 21.1 Å². The lowest BCUT2D eigenvalue weighted by Crippen LogP contribution is -2.44. The maximum atomic E-state index is 12.8. The summed E-state index contributed by atoms with van der Waals surface area (Å²) in [6.07, 6.45) is 70.9. The number of likely N-dealkylation sites (N-methyl/N-ethyl adjacent to an activating group) is 1. The van der Waals surface area contributed by atoms with E-state index in [2.05, 4.69) is 98.9 Å². The molecule has 0 rings (SSSR count). The largest absolute Gasteiger partial charge is 0.545 e. The summed E-state index contributed by atoms with van der Waals surface area (Å²) in [6.45, 7) is 4.62. The SMILES string of the molecule is CC/C=C\C/C=C\C/C=C\C/C=C\C/C=C\C/C=C\C/C=C\CCCCCCCCCCCCCCCCCCCC(=O)OC(COC(=O)CCCCCCCCCCCC)COC(OCC[N+](C)(C)C)C(=O)[O-]. The summed E-state index contributed by atoms with van der Waals surface area (Å²) < 4.78 is 22.6. The predicted octanol–water partition coefficient (Wildman–Crippen LogP) is 16.6. The van der Waals surface area contributed by atoms with Gasteiger partial charge in [-0.1, -0.05) is 253 Å². The van der Waals surface area contributed by atoms with Crippen molar-refractivity contribution in [3.63, 3.8) is 0 Å². The van der Waals surface area contributed by atoms with E-state index >= 15 is 0 Å². The Bertz CT molecular complexity index is 1490. The molecule has 0 aliphatic carbocycles. The highest BCUT2D eigenvalue weighted by Gasteiger charge is 2.22. The fourth-order valence-corrected chi connectivity index (χ4v) is 8.28. The van der Waals surface area contributed by atoms with Gasteiger partial charge in [-0.2, -0.15) is 0 Å². The van der Waals surface area contributed by atoms with Crippen molar-refractivity contribution in [1.82, 2.24) is 0 Å². The van der Waals surface area contributed by atoms with E-state index in [1.54, 1.807) is 0 Å². The van der Waals surface area contributed by atoms with E-state index in [4.69, 9.17) is 18.9 Å². The van der Waals surface area contributed by atoms with E-state index in [0.29, 0.717) is 23.9 Å². The third kappa shape index (κ3) is 56.2. The van der Waals surface area contributed by atoms with Crippen LogP contribution in [0.2, 0.25) is 0 Å². The number of carbonyl (C=O) groups is 3. The van der Waals surface area contributed by atoms with Gasteiger partial charge in [-0.05, 0) is 70.6 Å². The number of rotatable bonds is 55. The lowest BCUT2D eigenvalue weighted by atomic mass is 10.0. The number of hydrogen-bond donors (Lipinski definition) is 0. The first-order valence-electron chi connectivity index (χ1n) is 30.2. The molecule has 0 fully saturated rings. The molecule has 74 heavy (non-hydrogen) atoms. The summed E-state index contributed by atoms with van der Waals surface area (Å²) in [6, 6.07) is 0. The Morgan fingerprint density at radius 3 is 1.15 bits per heavy atom. The van der Waals surface area contributed by atoms with Crippen molar-refractivity contribution in [2.75, 3.05) is 47.5 Å². The number of quaternary nitrogens is 1. The van der Waals surface area contributed by atoms with Gasteiger partial charge in [-0.3, -0.25) is 9.59 Å². The molecule has 9 heteroatoms. The summed E-state index contributed by atoms with van der Waals surface area (Å²) in [7, 11) is 5.92. The van der Waals surface area contributed by atoms with Crippen LogP contribution in [0.5, 0.6) is 0 Å². The van der Waals surface area contributed by atoms with E-state index in [1.165, 1.54) is 141 Å². The van der Waals surface area contributed by atoms with Crippen molar-refractivity contribution < 1.29 is 42.9 Å². The summed E-state index contributed by atoms with van der Waals surface area (Å²) in [5.74, 6) is -2.28. The zero-order valence-electron chi connectivity index (χ0n) is 48.4. The Kier molecular flexibility index (Phi) is 53.0. The van der Waals surface area contributed by atoms with Gasteiger partial charge in [0, 0.05) is 12.8 Å². The van der Waals surface area contributed by atoms with Gasteiger partial charge in [0.05, 0.1) is 40.3 Å². The van der Waals surface area contributed by atoms with Crippen LogP contribution >= 0.6 is 0 Å². The van der Waals surface area contributed by atoms with Crippen molar-refractivity contribution in [1.29, 1.82) is 0 Å². The molecule has 0 N–H and O–H groups in total. The molecule has 426 valence electrons. The minimum atomic E-state index is -1.62. The van der Waals surface area contributed by atoms with Gasteiger partial charge in [-0.15, -0.1) is 0 Å². The first kappa shape index (κ1) is 70.5. The summed E-state index contributed by atoms with van der Waals surface area (Å²) in [5, 5.41) is 11.7. The first-order valence-corrected chi connectivity index (χ1v) is 30.2. The number of nitrogens with zero attached hydrogens (tertiary/aromatic N) is 1. The Morgan fingerprint density at radius 1 is 0.419 bits per heavy atom. The quantitative estimate of drug-likeness (QED) is 0.0195. The van der Waals surface area contributed by atoms with Crippen LogP contribution in [0.1, 0.15) is 251 Å². The average Bonchev–Trinajstić information content (AvgIpc) is 3.37. The molecule has 0 aliphatic heterocycles. The van der Waals surface area contributed by atoms with Crippen molar-refractivity contribution in [2.45, 2.75) is 264 Å². The topological polar surface area (TPSA) is 111 Å². The first-order chi connectivity index (χ1) is 36.1. The summed E-state index contributed by atoms with van der Waals surface area (Å²) >= 11 is 0. The van der Waals surface area contributed by atoms with Crippen molar-refractivity contribution >= 4 is 17.9 Å². The third-order valence-corrected chi connectivity index (χ3v) is 12.9. The molecule has 0 aromatic rings. The van der Waals surface area contributed by atoms with Crippen LogP contribution in [0.15, 0.2) is 85.1 Å². The maximum absolute atomic E-state index is 12.8. The molecule has 2 atom stereocenters. The Hall–Kier alpha value is -3.53. The van der Waals surface area contributed by atoms with Gasteiger partial charge in [0.1, 0.15) is 13.2 Å². The number of aliphatic carboxylic acids is 1. The molecule has 0 amide bonds. The number of carboxylic acid groups (broad SMARTS) is 1. The summed E-state index contributed by atoms with van der Waals surface area (Å²) in [5.41, 5.74) is 0. The molecule has 9 nitrogen and oxygen atoms in total. The second kappa shape index (κ2) is 55.7. The number of carboxylic acids is 1. The minimum absolute atomic E-state index is 0.148. The highest BCUT2D eigenvalue weighted by atomic mass is 16.7. The molecule has 0 bridgehead atoms. The van der Waals surface area contributed by atoms with Crippen LogP contribution in [-0.2, 0) is 33.3 Å². The molecule has 0 radical (unpaired) electrons. The van der Waals surface area contributed by atoms with Crippen LogP contribution in [0.4, 0.5) is 0 Å². The highest BCUT2D eigenvalue weighted by molar-refractivity contribution is 5.70. The number of hydrogen-bond acceptors (Lipinski definition) is 8. The fraction of sp³-hybridized carbons (Fsp3) is 0.738. The second-order valence-corrected chi connectivity index (χ2v) is 21.3. The van der Waals surface area contributed by atoms with Crippen LogP contribution in [-0.4, -0.2) is 82.3 Å². The van der Waals surface area contributed by atoms with Crippen molar-refractivity contribution in [3.05, 3.63) is 85.1 Å². The Balaban J connectivity index is 3.98. The van der Waals surface area contributed by atoms with Gasteiger partial charge in [-0.25, -0.2) is 0 Å². The minimum Gasteiger partial charge on any atom is -0.545 e. The zero-order valence-corrected chi connectivity index (χ0v) is 48.4. The molecule has 0 aromatic heterocycles. The number of esters is 2. The monoisotopic (exact) mass is 1040 g/mol. The maximum Gasteiger partial charge on any atom is 0.306 e. The molecule has 0 spiro atoms. The highest BCUT2D eigenvalue weighted by Crippen LogP contribution is 2.16. The van der Waals surface area contributed by atoms with Crippen LogP contribution in [0.3, 0.4) is 0 Å². The predicted molar refractivity (Wildman–Crippen MR) is 311 cm³/mol. The van der Waals surface area contributed by atoms with Crippen molar-refractivity contribution in [3.8, 4) is 0 Å². The molecular formula is C65H113NO8.